The lowest BCUT2D eigenvalue weighted by molar-refractivity contribution is 0.0954. The van der Waals surface area contributed by atoms with Crippen LogP contribution in [0.25, 0.3) is 11.3 Å². The van der Waals surface area contributed by atoms with Crippen molar-refractivity contribution in [3.8, 4) is 11.3 Å². The minimum Gasteiger partial charge on any atom is -0.354 e. The van der Waals surface area contributed by atoms with Gasteiger partial charge >= 0.3 is 0 Å². The molecule has 1 fully saturated rings. The Labute approximate surface area is 234 Å². The fraction of sp³-hybridized carbons (Fsp3) is 0.290. The Balaban J connectivity index is 1.22. The maximum atomic E-state index is 12.6. The van der Waals surface area contributed by atoms with E-state index in [1.165, 1.54) is 0 Å². The Morgan fingerprint density at radius 2 is 1.69 bits per heavy atom. The zero-order valence-electron chi connectivity index (χ0n) is 22.3. The van der Waals surface area contributed by atoms with Crippen LogP contribution >= 0.6 is 11.8 Å². The number of pyridine rings is 1. The number of hydrogen-bond donors (Lipinski definition) is 1. The lowest BCUT2D eigenvalue weighted by Gasteiger charge is -2.35. The standard InChI is InChI=1S/C31H34N6OS/c1-2-36-18-20-37(21-19-36)29-22-28(25-8-4-3-5-9-25)34-31(35-29)39-23-24-11-13-26(14-12-24)30(38)33-17-15-27-10-6-7-16-32-27/h3-14,16,22H,2,15,17-21,23H2,1H3,(H,33,38). The van der Waals surface area contributed by atoms with Crippen LogP contribution in [0.1, 0.15) is 28.5 Å². The molecule has 1 N–H and O–H groups in total. The van der Waals surface area contributed by atoms with E-state index < -0.39 is 0 Å². The van der Waals surface area contributed by atoms with Gasteiger partial charge in [-0.2, -0.15) is 0 Å². The topological polar surface area (TPSA) is 74.2 Å². The zero-order chi connectivity index (χ0) is 26.9. The molecule has 4 aromatic rings. The number of thioether (sulfide) groups is 1. The number of hydrogen-bond acceptors (Lipinski definition) is 7. The molecule has 1 aliphatic rings. The van der Waals surface area contributed by atoms with Crippen LogP contribution in [0.15, 0.2) is 90.2 Å². The van der Waals surface area contributed by atoms with Crippen molar-refractivity contribution in [2.75, 3.05) is 44.2 Å². The molecule has 1 aliphatic heterocycles. The Hall–Kier alpha value is -3.75. The molecular weight excluding hydrogens is 504 g/mol. The first-order chi connectivity index (χ1) is 19.2. The van der Waals surface area contributed by atoms with Gasteiger partial charge in [0.25, 0.3) is 5.91 Å². The maximum Gasteiger partial charge on any atom is 0.251 e. The van der Waals surface area contributed by atoms with Crippen LogP contribution in [0.4, 0.5) is 5.82 Å². The summed E-state index contributed by atoms with van der Waals surface area (Å²) in [6.07, 6.45) is 2.48. The predicted molar refractivity (Wildman–Crippen MR) is 158 cm³/mol. The van der Waals surface area contributed by atoms with E-state index in [1.807, 2.05) is 60.7 Å². The van der Waals surface area contributed by atoms with Gasteiger partial charge < -0.3 is 15.1 Å². The van der Waals surface area contributed by atoms with E-state index >= 15 is 0 Å². The van der Waals surface area contributed by atoms with Gasteiger partial charge in [0.2, 0.25) is 0 Å². The summed E-state index contributed by atoms with van der Waals surface area (Å²) in [5, 5.41) is 3.74. The number of rotatable bonds is 10. The number of anilines is 1. The average molecular weight is 539 g/mol. The van der Waals surface area contributed by atoms with Gasteiger partial charge in [0.15, 0.2) is 5.16 Å². The monoisotopic (exact) mass is 538 g/mol. The van der Waals surface area contributed by atoms with Gasteiger partial charge in [-0.15, -0.1) is 0 Å². The van der Waals surface area contributed by atoms with E-state index in [4.69, 9.17) is 9.97 Å². The van der Waals surface area contributed by atoms with Gasteiger partial charge in [0.1, 0.15) is 5.82 Å². The highest BCUT2D eigenvalue weighted by Gasteiger charge is 2.19. The van der Waals surface area contributed by atoms with Crippen LogP contribution in [0, 0.1) is 0 Å². The second-order valence-corrected chi connectivity index (χ2v) is 10.4. The number of benzene rings is 2. The fourth-order valence-electron chi connectivity index (χ4n) is 4.54. The van der Waals surface area contributed by atoms with Gasteiger partial charge in [0, 0.05) is 74.0 Å². The van der Waals surface area contributed by atoms with Crippen molar-refractivity contribution in [2.24, 2.45) is 0 Å². The summed E-state index contributed by atoms with van der Waals surface area (Å²) >= 11 is 1.62. The van der Waals surface area contributed by atoms with E-state index in [2.05, 4.69) is 45.2 Å². The number of likely N-dealkylation sites (N-methyl/N-ethyl adjacent to an activating group) is 1. The normalized spacial score (nSPS) is 13.8. The second kappa shape index (κ2) is 13.4. The molecule has 0 saturated carbocycles. The quantitative estimate of drug-likeness (QED) is 0.226. The van der Waals surface area contributed by atoms with Crippen LogP contribution in [0.5, 0.6) is 0 Å². The van der Waals surface area contributed by atoms with Crippen molar-refractivity contribution in [2.45, 2.75) is 24.3 Å². The van der Waals surface area contributed by atoms with Gasteiger partial charge in [-0.25, -0.2) is 9.97 Å². The molecule has 0 unspecified atom stereocenters. The van der Waals surface area contributed by atoms with Crippen LogP contribution in [0.2, 0.25) is 0 Å². The number of aromatic nitrogens is 3. The largest absolute Gasteiger partial charge is 0.354 e. The number of nitrogens with one attached hydrogen (secondary N) is 1. The maximum absolute atomic E-state index is 12.6. The van der Waals surface area contributed by atoms with Gasteiger partial charge in [-0.1, -0.05) is 67.2 Å². The van der Waals surface area contributed by atoms with Crippen LogP contribution in [-0.2, 0) is 12.2 Å². The van der Waals surface area contributed by atoms with Crippen molar-refractivity contribution in [1.29, 1.82) is 0 Å². The van der Waals surface area contributed by atoms with Crippen molar-refractivity contribution in [3.05, 3.63) is 102 Å². The first-order valence-electron chi connectivity index (χ1n) is 13.5. The number of nitrogens with zero attached hydrogens (tertiary/aromatic N) is 5. The molecular formula is C31H34N6OS. The Kier molecular flexibility index (Phi) is 9.19. The van der Waals surface area contributed by atoms with Crippen molar-refractivity contribution in [1.82, 2.24) is 25.2 Å². The Morgan fingerprint density at radius 1 is 0.923 bits per heavy atom. The molecule has 0 aliphatic carbocycles. The number of carbonyl (C=O) groups excluding carboxylic acids is 1. The van der Waals surface area contributed by atoms with E-state index in [1.54, 1.807) is 18.0 Å². The minimum absolute atomic E-state index is 0.0724. The summed E-state index contributed by atoms with van der Waals surface area (Å²) in [6, 6.07) is 26.0. The molecule has 1 amide bonds. The van der Waals surface area contributed by atoms with Crippen LogP contribution in [-0.4, -0.2) is 65.0 Å². The third-order valence-electron chi connectivity index (χ3n) is 6.88. The smallest absolute Gasteiger partial charge is 0.251 e. The van der Waals surface area contributed by atoms with Gasteiger partial charge in [-0.3, -0.25) is 9.78 Å². The highest BCUT2D eigenvalue weighted by Crippen LogP contribution is 2.28. The zero-order valence-corrected chi connectivity index (χ0v) is 23.1. The predicted octanol–water partition coefficient (Wildman–Crippen LogP) is 4.95. The van der Waals surface area contributed by atoms with E-state index in [9.17, 15) is 4.79 Å². The molecule has 0 spiro atoms. The fourth-order valence-corrected chi connectivity index (χ4v) is 5.35. The summed E-state index contributed by atoms with van der Waals surface area (Å²) in [4.78, 5) is 31.5. The number of piperazine rings is 1. The molecule has 39 heavy (non-hydrogen) atoms. The number of amides is 1. The summed E-state index contributed by atoms with van der Waals surface area (Å²) in [7, 11) is 0. The van der Waals surface area contributed by atoms with E-state index in [-0.39, 0.29) is 5.91 Å². The Bertz CT molecular complexity index is 1340. The molecule has 200 valence electrons. The molecule has 8 heteroatoms. The second-order valence-electron chi connectivity index (χ2n) is 9.49. The lowest BCUT2D eigenvalue weighted by Crippen LogP contribution is -2.46. The first-order valence-corrected chi connectivity index (χ1v) is 14.5. The SMILES string of the molecule is CCN1CCN(c2cc(-c3ccccc3)nc(SCc3ccc(C(=O)NCCc4ccccn4)cc3)n2)CC1. The third kappa shape index (κ3) is 7.43. The van der Waals surface area contributed by atoms with Crippen LogP contribution < -0.4 is 10.2 Å². The molecule has 0 bridgehead atoms. The highest BCUT2D eigenvalue weighted by molar-refractivity contribution is 7.98. The van der Waals surface area contributed by atoms with Crippen molar-refractivity contribution < 1.29 is 4.79 Å². The molecule has 1 saturated heterocycles. The molecule has 5 rings (SSSR count). The van der Waals surface area contributed by atoms with Crippen LogP contribution in [0.3, 0.4) is 0 Å². The summed E-state index contributed by atoms with van der Waals surface area (Å²) in [6.45, 7) is 7.88. The van der Waals surface area contributed by atoms with E-state index in [0.717, 1.165) is 72.0 Å². The molecule has 2 aromatic carbocycles. The summed E-state index contributed by atoms with van der Waals surface area (Å²) in [5.74, 6) is 1.64. The lowest BCUT2D eigenvalue weighted by atomic mass is 10.1. The molecule has 0 radical (unpaired) electrons. The average Bonchev–Trinajstić information content (AvgIpc) is 3.01. The molecule has 3 heterocycles. The van der Waals surface area contributed by atoms with E-state index in [0.29, 0.717) is 18.5 Å². The van der Waals surface area contributed by atoms with Crippen molar-refractivity contribution >= 4 is 23.5 Å². The summed E-state index contributed by atoms with van der Waals surface area (Å²) < 4.78 is 0. The minimum atomic E-state index is -0.0724. The molecule has 7 nitrogen and oxygen atoms in total. The third-order valence-corrected chi connectivity index (χ3v) is 7.80. The number of carbonyl (C=O) groups is 1. The Morgan fingerprint density at radius 3 is 2.41 bits per heavy atom. The highest BCUT2D eigenvalue weighted by atomic mass is 32.2. The summed E-state index contributed by atoms with van der Waals surface area (Å²) in [5.41, 5.74) is 4.78. The first kappa shape index (κ1) is 26.8. The van der Waals surface area contributed by atoms with Gasteiger partial charge in [-0.05, 0) is 36.4 Å². The van der Waals surface area contributed by atoms with Gasteiger partial charge in [0.05, 0.1) is 5.69 Å². The molecule has 2 aromatic heterocycles. The molecule has 0 atom stereocenters. The van der Waals surface area contributed by atoms with Crippen molar-refractivity contribution in [3.63, 3.8) is 0 Å².